The Kier molecular flexibility index (Phi) is 5.11. The van der Waals surface area contributed by atoms with Crippen LogP contribution in [0.1, 0.15) is 16.7 Å². The number of rotatable bonds is 4. The van der Waals surface area contributed by atoms with Gasteiger partial charge < -0.3 is 14.2 Å². The summed E-state index contributed by atoms with van der Waals surface area (Å²) in [7, 11) is 3.21. The zero-order valence-corrected chi connectivity index (χ0v) is 14.9. The zero-order valence-electron chi connectivity index (χ0n) is 14.1. The molecule has 0 radical (unpaired) electrons. The van der Waals surface area contributed by atoms with Gasteiger partial charge in [0.15, 0.2) is 0 Å². The summed E-state index contributed by atoms with van der Waals surface area (Å²) in [5.41, 5.74) is 3.34. The van der Waals surface area contributed by atoms with Crippen LogP contribution in [0.3, 0.4) is 0 Å². The van der Waals surface area contributed by atoms with Gasteiger partial charge in [-0.1, -0.05) is 17.7 Å². The van der Waals surface area contributed by atoms with E-state index in [0.29, 0.717) is 23.4 Å². The van der Waals surface area contributed by atoms with E-state index in [1.807, 2.05) is 25.1 Å². The lowest BCUT2D eigenvalue weighted by Gasteiger charge is -2.20. The Balaban J connectivity index is 1.83. The smallest absolute Gasteiger partial charge is 0.216 e. The third kappa shape index (κ3) is 3.74. The van der Waals surface area contributed by atoms with Gasteiger partial charge >= 0.3 is 0 Å². The summed E-state index contributed by atoms with van der Waals surface area (Å²) < 4.78 is 16.4. The van der Waals surface area contributed by atoms with E-state index in [0.717, 1.165) is 42.1 Å². The van der Waals surface area contributed by atoms with E-state index < -0.39 is 0 Å². The summed E-state index contributed by atoms with van der Waals surface area (Å²) in [5, 5.41) is 0.680. The number of pyridine rings is 1. The molecule has 2 aromatic rings. The molecule has 1 aliphatic heterocycles. The van der Waals surface area contributed by atoms with Crippen molar-refractivity contribution in [2.75, 3.05) is 27.4 Å². The average Bonchev–Trinajstić information content (AvgIpc) is 2.76. The lowest BCUT2D eigenvalue weighted by atomic mass is 10.1. The monoisotopic (exact) mass is 348 g/mol. The highest BCUT2D eigenvalue weighted by Gasteiger charge is 2.19. The number of methoxy groups -OCH3 is 2. The van der Waals surface area contributed by atoms with Crippen molar-refractivity contribution in [3.05, 3.63) is 46.0 Å². The first-order chi connectivity index (χ1) is 11.6. The molecule has 0 saturated heterocycles. The molecule has 1 aromatic carbocycles. The molecule has 0 unspecified atom stereocenters. The maximum absolute atomic E-state index is 6.32. The van der Waals surface area contributed by atoms with E-state index in [-0.39, 0.29) is 0 Å². The van der Waals surface area contributed by atoms with E-state index in [1.165, 1.54) is 0 Å². The Morgan fingerprint density at radius 3 is 2.54 bits per heavy atom. The number of hydrogen-bond donors (Lipinski definition) is 0. The maximum atomic E-state index is 6.32. The lowest BCUT2D eigenvalue weighted by Crippen LogP contribution is -2.25. The summed E-state index contributed by atoms with van der Waals surface area (Å²) in [6, 6.07) is 7.93. The molecule has 0 spiro atoms. The van der Waals surface area contributed by atoms with Crippen molar-refractivity contribution >= 4 is 11.6 Å². The predicted octanol–water partition coefficient (Wildman–Crippen LogP) is 3.46. The fraction of sp³-hybridized carbons (Fsp3) is 0.389. The molecule has 1 aliphatic rings. The van der Waals surface area contributed by atoms with Crippen LogP contribution in [0, 0.1) is 6.92 Å². The number of fused-ring (bicyclic) bond motifs is 1. The van der Waals surface area contributed by atoms with Crippen molar-refractivity contribution in [3.8, 4) is 17.5 Å². The molecule has 128 valence electrons. The number of benzene rings is 1. The largest absolute Gasteiger partial charge is 0.490 e. The highest BCUT2D eigenvalue weighted by atomic mass is 35.5. The van der Waals surface area contributed by atoms with E-state index in [9.17, 15) is 0 Å². The van der Waals surface area contributed by atoms with Crippen molar-refractivity contribution in [2.45, 2.75) is 20.0 Å². The molecule has 0 atom stereocenters. The first-order valence-electron chi connectivity index (χ1n) is 7.82. The summed E-state index contributed by atoms with van der Waals surface area (Å²) in [6.45, 7) is 5.00. The molecule has 0 amide bonds. The van der Waals surface area contributed by atoms with Crippen LogP contribution in [0.15, 0.2) is 24.3 Å². The molecule has 1 aromatic heterocycles. The van der Waals surface area contributed by atoms with E-state index in [2.05, 4.69) is 16.0 Å². The van der Waals surface area contributed by atoms with Crippen molar-refractivity contribution in [1.82, 2.24) is 9.88 Å². The van der Waals surface area contributed by atoms with Crippen LogP contribution in [-0.4, -0.2) is 37.3 Å². The number of ether oxygens (including phenoxy) is 3. The molecular formula is C18H21ClN2O3. The third-order valence-corrected chi connectivity index (χ3v) is 4.26. The van der Waals surface area contributed by atoms with E-state index in [1.54, 1.807) is 14.2 Å². The molecule has 5 nitrogen and oxygen atoms in total. The highest BCUT2D eigenvalue weighted by Crippen LogP contribution is 2.33. The van der Waals surface area contributed by atoms with Crippen LogP contribution in [-0.2, 0) is 13.1 Å². The molecule has 0 N–H and O–H groups in total. The standard InChI is InChI=1S/C18H21ClN2O3/c1-12-6-14-11-21(4-5-24-18(14)15(19)7-12)10-13-8-16(22-2)20-17(9-13)23-3/h6-9H,4-5,10-11H2,1-3H3. The number of aryl methyl sites for hydroxylation is 1. The van der Waals surface area contributed by atoms with Crippen LogP contribution < -0.4 is 14.2 Å². The second-order valence-corrected chi connectivity index (χ2v) is 6.26. The summed E-state index contributed by atoms with van der Waals surface area (Å²) >= 11 is 6.32. The van der Waals surface area contributed by atoms with Crippen LogP contribution in [0.25, 0.3) is 0 Å². The number of hydrogen-bond acceptors (Lipinski definition) is 5. The van der Waals surface area contributed by atoms with Gasteiger partial charge in [-0.3, -0.25) is 4.90 Å². The van der Waals surface area contributed by atoms with Crippen LogP contribution in [0.4, 0.5) is 0 Å². The van der Waals surface area contributed by atoms with E-state index in [4.69, 9.17) is 25.8 Å². The van der Waals surface area contributed by atoms with Gasteiger partial charge in [0, 0.05) is 37.3 Å². The van der Waals surface area contributed by atoms with Gasteiger partial charge in [-0.2, -0.15) is 4.98 Å². The predicted molar refractivity (Wildman–Crippen MR) is 93.1 cm³/mol. The van der Waals surface area contributed by atoms with E-state index >= 15 is 0 Å². The summed E-state index contributed by atoms with van der Waals surface area (Å²) in [4.78, 5) is 6.55. The Hall–Kier alpha value is -1.98. The Bertz CT molecular complexity index is 714. The van der Waals surface area contributed by atoms with Crippen LogP contribution >= 0.6 is 11.6 Å². The first kappa shape index (κ1) is 16.9. The molecule has 6 heteroatoms. The van der Waals surface area contributed by atoms with Gasteiger partial charge in [0.25, 0.3) is 0 Å². The highest BCUT2D eigenvalue weighted by molar-refractivity contribution is 6.32. The summed E-state index contributed by atoms with van der Waals surface area (Å²) in [5.74, 6) is 1.90. The fourth-order valence-corrected chi connectivity index (χ4v) is 3.25. The topological polar surface area (TPSA) is 43.8 Å². The van der Waals surface area contributed by atoms with Gasteiger partial charge in [0.05, 0.1) is 19.2 Å². The molecule has 3 rings (SSSR count). The van der Waals surface area contributed by atoms with Gasteiger partial charge in [0.1, 0.15) is 12.4 Å². The van der Waals surface area contributed by atoms with Crippen molar-refractivity contribution in [1.29, 1.82) is 0 Å². The quantitative estimate of drug-likeness (QED) is 0.846. The zero-order chi connectivity index (χ0) is 17.1. The Morgan fingerprint density at radius 1 is 1.17 bits per heavy atom. The number of halogens is 1. The Morgan fingerprint density at radius 2 is 1.88 bits per heavy atom. The SMILES string of the molecule is COc1cc(CN2CCOc3c(Cl)cc(C)cc3C2)cc(OC)n1. The van der Waals surface area contributed by atoms with Gasteiger partial charge in [-0.15, -0.1) is 0 Å². The maximum Gasteiger partial charge on any atom is 0.216 e. The molecule has 2 heterocycles. The molecule has 0 saturated carbocycles. The molecular weight excluding hydrogens is 328 g/mol. The number of nitrogens with zero attached hydrogens (tertiary/aromatic N) is 2. The molecule has 0 fully saturated rings. The second kappa shape index (κ2) is 7.28. The van der Waals surface area contributed by atoms with Crippen molar-refractivity contribution in [3.63, 3.8) is 0 Å². The van der Waals surface area contributed by atoms with Crippen molar-refractivity contribution < 1.29 is 14.2 Å². The van der Waals surface area contributed by atoms with Crippen molar-refractivity contribution in [2.24, 2.45) is 0 Å². The van der Waals surface area contributed by atoms with Crippen LogP contribution in [0.2, 0.25) is 5.02 Å². The second-order valence-electron chi connectivity index (χ2n) is 5.85. The summed E-state index contributed by atoms with van der Waals surface area (Å²) in [6.07, 6.45) is 0. The van der Waals surface area contributed by atoms with Gasteiger partial charge in [0.2, 0.25) is 11.8 Å². The third-order valence-electron chi connectivity index (χ3n) is 3.98. The Labute approximate surface area is 147 Å². The normalized spacial score (nSPS) is 14.5. The molecule has 0 aliphatic carbocycles. The number of aromatic nitrogens is 1. The minimum atomic E-state index is 0.551. The van der Waals surface area contributed by atoms with Gasteiger partial charge in [-0.25, -0.2) is 0 Å². The minimum absolute atomic E-state index is 0.551. The minimum Gasteiger partial charge on any atom is -0.490 e. The first-order valence-corrected chi connectivity index (χ1v) is 8.20. The molecule has 0 bridgehead atoms. The average molecular weight is 349 g/mol. The lowest BCUT2D eigenvalue weighted by molar-refractivity contribution is 0.219. The molecule has 24 heavy (non-hydrogen) atoms. The van der Waals surface area contributed by atoms with Crippen LogP contribution in [0.5, 0.6) is 17.5 Å². The van der Waals surface area contributed by atoms with Gasteiger partial charge in [-0.05, 0) is 24.1 Å². The fourth-order valence-electron chi connectivity index (χ4n) is 2.90.